The Hall–Kier alpha value is -4.58. The number of pyridine rings is 2. The monoisotopic (exact) mass is 544 g/mol. The summed E-state index contributed by atoms with van der Waals surface area (Å²) in [5.41, 5.74) is 0.481. The highest BCUT2D eigenvalue weighted by molar-refractivity contribution is 5.88. The molecule has 4 rings (SSSR count). The normalized spacial score (nSPS) is 10.3. The van der Waals surface area contributed by atoms with Gasteiger partial charge in [0.25, 0.3) is 0 Å². The van der Waals surface area contributed by atoms with Gasteiger partial charge in [0.2, 0.25) is 5.95 Å². The molecule has 2 aromatic heterocycles. The maximum Gasteiger partial charge on any atom is 0.227 e. The first-order chi connectivity index (χ1) is 18.9. The molecule has 206 valence electrons. The van der Waals surface area contributed by atoms with Crippen molar-refractivity contribution < 1.29 is 36.9 Å². The molecule has 12 heteroatoms. The van der Waals surface area contributed by atoms with E-state index in [4.69, 9.17) is 18.9 Å². The van der Waals surface area contributed by atoms with Crippen molar-refractivity contribution in [1.82, 2.24) is 15.3 Å². The molecule has 0 aliphatic carbocycles. The fourth-order valence-electron chi connectivity index (χ4n) is 3.39. The number of aldehydes is 1. The van der Waals surface area contributed by atoms with E-state index < -0.39 is 17.6 Å². The molecule has 0 saturated heterocycles. The number of nitrogens with zero attached hydrogens (tertiary/aromatic N) is 2. The maximum absolute atomic E-state index is 14.3. The van der Waals surface area contributed by atoms with Crippen molar-refractivity contribution in [2.45, 2.75) is 0 Å². The topological polar surface area (TPSA) is 104 Å². The van der Waals surface area contributed by atoms with E-state index in [2.05, 4.69) is 20.6 Å². The summed E-state index contributed by atoms with van der Waals surface area (Å²) >= 11 is 0. The summed E-state index contributed by atoms with van der Waals surface area (Å²) in [6.45, 7) is 1.13. The summed E-state index contributed by atoms with van der Waals surface area (Å²) in [5, 5.41) is 6.16. The van der Waals surface area contributed by atoms with Gasteiger partial charge < -0.3 is 29.6 Å². The second kappa shape index (κ2) is 13.8. The molecule has 2 heterocycles. The zero-order valence-electron chi connectivity index (χ0n) is 21.7. The first kappa shape index (κ1) is 29.0. The van der Waals surface area contributed by atoms with Crippen LogP contribution in [0.3, 0.4) is 0 Å². The molecule has 2 N–H and O–H groups in total. The number of nitrogens with one attached hydrogen (secondary N) is 2. The highest BCUT2D eigenvalue weighted by atomic mass is 19.1. The predicted molar refractivity (Wildman–Crippen MR) is 140 cm³/mol. The van der Waals surface area contributed by atoms with Gasteiger partial charge >= 0.3 is 0 Å². The Balaban J connectivity index is 0.000000320. The summed E-state index contributed by atoms with van der Waals surface area (Å²) in [7, 11) is 6.23. The Morgan fingerprint density at radius 1 is 0.846 bits per heavy atom. The van der Waals surface area contributed by atoms with Crippen LogP contribution >= 0.6 is 0 Å². The lowest BCUT2D eigenvalue weighted by atomic mass is 10.1. The average Bonchev–Trinajstić information content (AvgIpc) is 2.94. The van der Waals surface area contributed by atoms with Crippen LogP contribution in [0.2, 0.25) is 0 Å². The van der Waals surface area contributed by atoms with Gasteiger partial charge in [0.1, 0.15) is 29.5 Å². The second-order valence-electron chi connectivity index (χ2n) is 7.73. The van der Waals surface area contributed by atoms with Gasteiger partial charge in [-0.1, -0.05) is 0 Å². The third-order valence-electron chi connectivity index (χ3n) is 5.35. The smallest absolute Gasteiger partial charge is 0.227 e. The minimum absolute atomic E-state index is 0.0504. The first-order valence-electron chi connectivity index (χ1n) is 11.6. The summed E-state index contributed by atoms with van der Waals surface area (Å²) in [6.07, 6.45) is 3.14. The first-order valence-corrected chi connectivity index (χ1v) is 11.6. The third-order valence-corrected chi connectivity index (χ3v) is 5.35. The number of rotatable bonds is 10. The van der Waals surface area contributed by atoms with E-state index in [1.807, 2.05) is 7.05 Å². The van der Waals surface area contributed by atoms with Gasteiger partial charge in [-0.05, 0) is 25.2 Å². The molecule has 0 radical (unpaired) electrons. The number of halogens is 3. The summed E-state index contributed by atoms with van der Waals surface area (Å²) < 4.78 is 62.4. The van der Waals surface area contributed by atoms with Crippen molar-refractivity contribution in [2.75, 3.05) is 46.8 Å². The van der Waals surface area contributed by atoms with Crippen LogP contribution in [-0.2, 0) is 0 Å². The SMILES string of the molecule is CNCCOc1cc2nccc(Oc3cc(F)c(NC)cc3F)c2cc1OC.COc1ccnc(F)c1C=O. The highest BCUT2D eigenvalue weighted by Crippen LogP contribution is 2.38. The maximum atomic E-state index is 14.3. The number of anilines is 1. The van der Waals surface area contributed by atoms with Crippen molar-refractivity contribution in [3.63, 3.8) is 0 Å². The number of methoxy groups -OCH3 is 2. The van der Waals surface area contributed by atoms with Crippen molar-refractivity contribution in [2.24, 2.45) is 0 Å². The number of carbonyl (C=O) groups excluding carboxylic acids is 1. The highest BCUT2D eigenvalue weighted by Gasteiger charge is 2.15. The molecular weight excluding hydrogens is 517 g/mol. The molecule has 0 spiro atoms. The zero-order chi connectivity index (χ0) is 28.4. The van der Waals surface area contributed by atoms with Crippen molar-refractivity contribution >= 4 is 22.9 Å². The molecule has 0 aliphatic heterocycles. The molecule has 39 heavy (non-hydrogen) atoms. The number of aromatic nitrogens is 2. The predicted octanol–water partition coefficient (Wildman–Crippen LogP) is 5.00. The van der Waals surface area contributed by atoms with Crippen LogP contribution < -0.4 is 29.6 Å². The fraction of sp³-hybridized carbons (Fsp3) is 0.222. The summed E-state index contributed by atoms with van der Waals surface area (Å²) in [6, 6.07) is 8.46. The molecular formula is C27H27F3N4O5. The quantitative estimate of drug-likeness (QED) is 0.162. The molecule has 0 unspecified atom stereocenters. The van der Waals surface area contributed by atoms with Crippen LogP contribution in [0, 0.1) is 17.6 Å². The van der Waals surface area contributed by atoms with Gasteiger partial charge in [-0.3, -0.25) is 9.78 Å². The number of benzene rings is 2. The van der Waals surface area contributed by atoms with Crippen LogP contribution in [0.15, 0.2) is 48.8 Å². The molecule has 0 atom stereocenters. The van der Waals surface area contributed by atoms with Crippen LogP contribution in [0.4, 0.5) is 18.9 Å². The second-order valence-corrected chi connectivity index (χ2v) is 7.73. The lowest BCUT2D eigenvalue weighted by Gasteiger charge is -2.14. The van der Waals surface area contributed by atoms with E-state index in [9.17, 15) is 18.0 Å². The minimum Gasteiger partial charge on any atom is -0.496 e. The minimum atomic E-state index is -0.806. The third kappa shape index (κ3) is 7.05. The van der Waals surface area contributed by atoms with E-state index >= 15 is 0 Å². The molecule has 0 aliphatic rings. The Morgan fingerprint density at radius 3 is 2.21 bits per heavy atom. The van der Waals surface area contributed by atoms with Gasteiger partial charge in [0, 0.05) is 49.6 Å². The van der Waals surface area contributed by atoms with E-state index in [1.54, 1.807) is 18.2 Å². The number of ether oxygens (including phenoxy) is 4. The number of likely N-dealkylation sites (N-methyl/N-ethyl adjacent to an activating group) is 1. The standard InChI is InChI=1S/C20H21F2N3O3.C7H6FNO2/c1-23-6-7-27-20-11-15-12(8-19(20)26-3)17(4-5-25-15)28-18-10-13(21)16(24-2)9-14(18)22;1-11-6-2-3-9-7(8)5(6)4-10/h4-5,8-11,23-24H,6-7H2,1-3H3;2-4H,1H3. The van der Waals surface area contributed by atoms with Gasteiger partial charge in [-0.15, -0.1) is 0 Å². The number of hydrogen-bond donors (Lipinski definition) is 2. The van der Waals surface area contributed by atoms with Crippen LogP contribution in [0.5, 0.6) is 28.7 Å². The number of carbonyl (C=O) groups is 1. The van der Waals surface area contributed by atoms with E-state index in [1.165, 1.54) is 39.7 Å². The van der Waals surface area contributed by atoms with Gasteiger partial charge in [0.05, 0.1) is 25.4 Å². The zero-order valence-corrected chi connectivity index (χ0v) is 21.7. The molecule has 0 amide bonds. The largest absolute Gasteiger partial charge is 0.496 e. The summed E-state index contributed by atoms with van der Waals surface area (Å²) in [5.74, 6) is -0.793. The van der Waals surface area contributed by atoms with Gasteiger partial charge in [-0.25, -0.2) is 13.8 Å². The fourth-order valence-corrected chi connectivity index (χ4v) is 3.39. The van der Waals surface area contributed by atoms with E-state index in [0.29, 0.717) is 47.6 Å². The van der Waals surface area contributed by atoms with Crippen LogP contribution in [0.1, 0.15) is 10.4 Å². The van der Waals surface area contributed by atoms with Gasteiger partial charge in [0.15, 0.2) is 29.4 Å². The molecule has 4 aromatic rings. The lowest BCUT2D eigenvalue weighted by Crippen LogP contribution is -2.16. The van der Waals surface area contributed by atoms with E-state index in [-0.39, 0.29) is 22.7 Å². The van der Waals surface area contributed by atoms with E-state index in [0.717, 1.165) is 12.1 Å². The van der Waals surface area contributed by atoms with Crippen molar-refractivity contribution in [3.05, 3.63) is 71.9 Å². The van der Waals surface area contributed by atoms with Crippen molar-refractivity contribution in [1.29, 1.82) is 0 Å². The summed E-state index contributed by atoms with van der Waals surface area (Å²) in [4.78, 5) is 17.8. The van der Waals surface area contributed by atoms with Crippen molar-refractivity contribution in [3.8, 4) is 28.7 Å². The Bertz CT molecular complexity index is 1440. The van der Waals surface area contributed by atoms with Crippen LogP contribution in [0.25, 0.3) is 10.9 Å². The molecule has 2 aromatic carbocycles. The number of fused-ring (bicyclic) bond motifs is 1. The average molecular weight is 545 g/mol. The van der Waals surface area contributed by atoms with Crippen LogP contribution in [-0.4, -0.2) is 57.7 Å². The molecule has 0 saturated carbocycles. The molecule has 0 fully saturated rings. The lowest BCUT2D eigenvalue weighted by molar-refractivity contribution is 0.111. The number of hydrogen-bond acceptors (Lipinski definition) is 9. The Labute approximate surface area is 222 Å². The Kier molecular flexibility index (Phi) is 10.3. The molecule has 9 nitrogen and oxygen atoms in total. The van der Waals surface area contributed by atoms with Gasteiger partial charge in [-0.2, -0.15) is 4.39 Å². The molecule has 0 bridgehead atoms. The Morgan fingerprint density at radius 2 is 1.56 bits per heavy atom.